The highest BCUT2D eigenvalue weighted by Crippen LogP contribution is 2.14. The maximum Gasteiger partial charge on any atom is 0.252 e. The van der Waals surface area contributed by atoms with Crippen molar-refractivity contribution >= 4 is 5.91 Å². The van der Waals surface area contributed by atoms with Gasteiger partial charge in [-0.3, -0.25) is 9.59 Å². The van der Waals surface area contributed by atoms with Crippen molar-refractivity contribution in [1.29, 1.82) is 0 Å². The third-order valence-electron chi connectivity index (χ3n) is 3.73. The molecule has 2 rings (SSSR count). The summed E-state index contributed by atoms with van der Waals surface area (Å²) in [4.78, 5) is 24.0. The molecule has 1 aromatic carbocycles. The first-order valence-corrected chi connectivity index (χ1v) is 7.85. The molecule has 0 bridgehead atoms. The van der Waals surface area contributed by atoms with Gasteiger partial charge < -0.3 is 14.6 Å². The van der Waals surface area contributed by atoms with Crippen LogP contribution in [0.25, 0.3) is 0 Å². The number of nitrogens with zero attached hydrogens (tertiary/aromatic N) is 1. The number of aromatic nitrogens is 1. The molecule has 0 fully saturated rings. The van der Waals surface area contributed by atoms with E-state index in [1.807, 2.05) is 0 Å². The van der Waals surface area contributed by atoms with Crippen molar-refractivity contribution < 1.29 is 18.3 Å². The second kappa shape index (κ2) is 8.53. The summed E-state index contributed by atoms with van der Waals surface area (Å²) in [7, 11) is 1.52. The number of carbonyl (C=O) groups excluding carboxylic acids is 1. The molecule has 1 aromatic heterocycles. The lowest BCUT2D eigenvalue weighted by Crippen LogP contribution is -2.35. The topological polar surface area (TPSA) is 60.3 Å². The van der Waals surface area contributed by atoms with Crippen molar-refractivity contribution in [2.24, 2.45) is 0 Å². The first-order valence-electron chi connectivity index (χ1n) is 7.85. The van der Waals surface area contributed by atoms with Crippen molar-refractivity contribution in [2.45, 2.75) is 25.9 Å². The molecule has 25 heavy (non-hydrogen) atoms. The van der Waals surface area contributed by atoms with Gasteiger partial charge in [0.25, 0.3) is 11.5 Å². The number of benzene rings is 1. The van der Waals surface area contributed by atoms with Gasteiger partial charge in [0.05, 0.1) is 12.2 Å². The molecule has 1 amide bonds. The maximum atomic E-state index is 13.7. The minimum Gasteiger partial charge on any atom is -0.383 e. The van der Waals surface area contributed by atoms with Crippen LogP contribution in [0.5, 0.6) is 0 Å². The first kappa shape index (κ1) is 18.8. The highest BCUT2D eigenvalue weighted by atomic mass is 19.1. The van der Waals surface area contributed by atoms with Gasteiger partial charge in [-0.2, -0.15) is 0 Å². The molecule has 1 atom stereocenters. The van der Waals surface area contributed by atoms with Crippen LogP contribution in [0.15, 0.2) is 41.3 Å². The van der Waals surface area contributed by atoms with Crippen LogP contribution < -0.4 is 10.9 Å². The largest absolute Gasteiger partial charge is 0.383 e. The van der Waals surface area contributed by atoms with Crippen molar-refractivity contribution in [2.75, 3.05) is 13.7 Å². The molecule has 2 aromatic rings. The van der Waals surface area contributed by atoms with Gasteiger partial charge >= 0.3 is 0 Å². The smallest absolute Gasteiger partial charge is 0.252 e. The van der Waals surface area contributed by atoms with E-state index in [4.69, 9.17) is 4.74 Å². The Morgan fingerprint density at radius 3 is 2.56 bits per heavy atom. The number of rotatable bonds is 7. The van der Waals surface area contributed by atoms with E-state index in [0.29, 0.717) is 13.2 Å². The molecule has 1 heterocycles. The Morgan fingerprint density at radius 2 is 1.92 bits per heavy atom. The number of nitrogens with one attached hydrogen (secondary N) is 1. The van der Waals surface area contributed by atoms with Gasteiger partial charge in [-0.15, -0.1) is 0 Å². The zero-order valence-electron chi connectivity index (χ0n) is 14.1. The number of pyridine rings is 1. The van der Waals surface area contributed by atoms with E-state index in [2.05, 4.69) is 5.32 Å². The number of hydrogen-bond donors (Lipinski definition) is 1. The summed E-state index contributed by atoms with van der Waals surface area (Å²) in [5.41, 5.74) is -0.0213. The fraction of sp³-hybridized carbons (Fsp3) is 0.333. The van der Waals surface area contributed by atoms with Crippen LogP contribution in [0.2, 0.25) is 0 Å². The number of hydrogen-bond acceptors (Lipinski definition) is 3. The summed E-state index contributed by atoms with van der Waals surface area (Å²) in [6.07, 6.45) is 1.46. The third-order valence-corrected chi connectivity index (χ3v) is 3.73. The molecule has 134 valence electrons. The van der Waals surface area contributed by atoms with E-state index in [0.717, 1.165) is 0 Å². The molecule has 1 N–H and O–H groups in total. The van der Waals surface area contributed by atoms with Crippen LogP contribution in [0.4, 0.5) is 8.78 Å². The van der Waals surface area contributed by atoms with Crippen LogP contribution in [0.3, 0.4) is 0 Å². The molecule has 1 unspecified atom stereocenters. The zero-order chi connectivity index (χ0) is 18.4. The van der Waals surface area contributed by atoms with Crippen molar-refractivity contribution in [3.05, 3.63) is 69.6 Å². The summed E-state index contributed by atoms with van der Waals surface area (Å²) in [5, 5.41) is 2.68. The van der Waals surface area contributed by atoms with E-state index in [1.165, 1.54) is 48.2 Å². The molecule has 0 saturated carbocycles. The van der Waals surface area contributed by atoms with Gasteiger partial charge in [0.15, 0.2) is 0 Å². The second-order valence-corrected chi connectivity index (χ2v) is 5.72. The lowest BCUT2D eigenvalue weighted by atomic mass is 10.1. The fourth-order valence-electron chi connectivity index (χ4n) is 2.42. The highest BCUT2D eigenvalue weighted by molar-refractivity contribution is 5.94. The van der Waals surface area contributed by atoms with Crippen LogP contribution in [0.1, 0.15) is 22.8 Å². The fourth-order valence-corrected chi connectivity index (χ4v) is 2.42. The average molecular weight is 350 g/mol. The summed E-state index contributed by atoms with van der Waals surface area (Å²) in [6.45, 7) is 2.32. The van der Waals surface area contributed by atoms with Crippen LogP contribution in [0, 0.1) is 11.6 Å². The van der Waals surface area contributed by atoms with Gasteiger partial charge in [-0.25, -0.2) is 8.78 Å². The molecule has 0 aliphatic heterocycles. The lowest BCUT2D eigenvalue weighted by Gasteiger charge is -2.15. The second-order valence-electron chi connectivity index (χ2n) is 5.72. The molecule has 0 aliphatic carbocycles. The number of ether oxygens (including phenoxy) is 1. The number of halogens is 2. The lowest BCUT2D eigenvalue weighted by molar-refractivity contribution is 0.0938. The summed E-state index contributed by atoms with van der Waals surface area (Å²) in [5.74, 6) is -1.71. The Balaban J connectivity index is 2.07. The Hall–Kier alpha value is -2.54. The summed E-state index contributed by atoms with van der Waals surface area (Å²) >= 11 is 0. The maximum absolute atomic E-state index is 13.7. The predicted octanol–water partition coefficient (Wildman–Crippen LogP) is 2.13. The summed E-state index contributed by atoms with van der Waals surface area (Å²) in [6, 6.07) is 5.87. The Morgan fingerprint density at radius 1 is 1.24 bits per heavy atom. The SMILES string of the molecule is COCCn1cc(C(=O)NC(C)Cc2c(F)cccc2F)ccc1=O. The van der Waals surface area contributed by atoms with Crippen LogP contribution in [-0.2, 0) is 17.7 Å². The normalized spacial score (nSPS) is 12.0. The molecular formula is C18H20F2N2O3. The molecule has 0 radical (unpaired) electrons. The average Bonchev–Trinajstić information content (AvgIpc) is 2.57. The quantitative estimate of drug-likeness (QED) is 0.832. The Kier molecular flexibility index (Phi) is 6.41. The molecule has 5 nitrogen and oxygen atoms in total. The van der Waals surface area contributed by atoms with Gasteiger partial charge in [0.1, 0.15) is 11.6 Å². The Labute approximate surface area is 144 Å². The standard InChI is InChI=1S/C18H20F2N2O3/c1-12(10-14-15(19)4-3-5-16(14)20)21-18(24)13-6-7-17(23)22(11-13)8-9-25-2/h3-7,11-12H,8-10H2,1-2H3,(H,21,24). The third kappa shape index (κ3) is 4.96. The van der Waals surface area contributed by atoms with Crippen molar-refractivity contribution in [1.82, 2.24) is 9.88 Å². The minimum atomic E-state index is -0.644. The molecular weight excluding hydrogens is 330 g/mol. The van der Waals surface area contributed by atoms with Crippen molar-refractivity contribution in [3.63, 3.8) is 0 Å². The molecule has 0 spiro atoms. The van der Waals surface area contributed by atoms with E-state index in [-0.39, 0.29) is 23.1 Å². The van der Waals surface area contributed by atoms with Gasteiger partial charge in [0, 0.05) is 37.5 Å². The van der Waals surface area contributed by atoms with E-state index < -0.39 is 23.6 Å². The van der Waals surface area contributed by atoms with E-state index in [9.17, 15) is 18.4 Å². The molecule has 0 saturated heterocycles. The van der Waals surface area contributed by atoms with Crippen LogP contribution >= 0.6 is 0 Å². The minimum absolute atomic E-state index is 0.0214. The number of carbonyl (C=O) groups is 1. The van der Waals surface area contributed by atoms with E-state index in [1.54, 1.807) is 6.92 Å². The van der Waals surface area contributed by atoms with Gasteiger partial charge in [0.2, 0.25) is 0 Å². The van der Waals surface area contributed by atoms with Crippen LogP contribution in [-0.4, -0.2) is 30.2 Å². The Bertz CT molecular complexity index is 785. The van der Waals surface area contributed by atoms with Gasteiger partial charge in [-0.05, 0) is 31.5 Å². The van der Waals surface area contributed by atoms with Gasteiger partial charge in [-0.1, -0.05) is 6.07 Å². The van der Waals surface area contributed by atoms with E-state index >= 15 is 0 Å². The monoisotopic (exact) mass is 350 g/mol. The number of methoxy groups -OCH3 is 1. The molecule has 0 aliphatic rings. The van der Waals surface area contributed by atoms with Crippen molar-refractivity contribution in [3.8, 4) is 0 Å². The summed E-state index contributed by atoms with van der Waals surface area (Å²) < 4.78 is 33.7. The predicted molar refractivity (Wildman–Crippen MR) is 89.6 cm³/mol. The zero-order valence-corrected chi connectivity index (χ0v) is 14.1. The highest BCUT2D eigenvalue weighted by Gasteiger charge is 2.15. The number of amides is 1. The molecule has 7 heteroatoms. The first-order chi connectivity index (χ1) is 11.9.